The van der Waals surface area contributed by atoms with E-state index in [-0.39, 0.29) is 0 Å². The first-order valence-corrected chi connectivity index (χ1v) is 5.18. The van der Waals surface area contributed by atoms with Crippen molar-refractivity contribution in [2.24, 2.45) is 0 Å². The third-order valence-corrected chi connectivity index (χ3v) is 2.21. The van der Waals surface area contributed by atoms with Gasteiger partial charge in [-0.3, -0.25) is 0 Å². The van der Waals surface area contributed by atoms with E-state index in [1.54, 1.807) is 0 Å². The average Bonchev–Trinajstić information content (AvgIpc) is 2.14. The van der Waals surface area contributed by atoms with Crippen LogP contribution in [0, 0.1) is 0 Å². The summed E-state index contributed by atoms with van der Waals surface area (Å²) in [5, 5.41) is 0. The Kier molecular flexibility index (Phi) is 4.24. The minimum Gasteiger partial charge on any atom is -0.0812 e. The van der Waals surface area contributed by atoms with Crippen LogP contribution in [0.5, 0.6) is 0 Å². The Bertz CT molecular complexity index is 178. The molecule has 0 unspecified atom stereocenters. The van der Waals surface area contributed by atoms with Crippen LogP contribution >= 0.6 is 27.5 Å². The lowest BCUT2D eigenvalue weighted by atomic mass is 10.1. The van der Waals surface area contributed by atoms with Gasteiger partial charge >= 0.3 is 0 Å². The molecular weight excluding hydrogens is 223 g/mol. The molecule has 0 aromatic heterocycles. The quantitative estimate of drug-likeness (QED) is 0.634. The summed E-state index contributed by atoms with van der Waals surface area (Å²) in [6.45, 7) is 0. The molecule has 0 saturated heterocycles. The Labute approximate surface area is 81.4 Å². The number of hydrogen-bond acceptors (Lipinski definition) is 0. The van der Waals surface area contributed by atoms with Crippen molar-refractivity contribution in [3.8, 4) is 0 Å². The van der Waals surface area contributed by atoms with Gasteiger partial charge in [0, 0.05) is 0 Å². The van der Waals surface area contributed by atoms with Gasteiger partial charge in [-0.25, -0.2) is 0 Å². The van der Waals surface area contributed by atoms with Gasteiger partial charge in [0.25, 0.3) is 0 Å². The van der Waals surface area contributed by atoms with Crippen molar-refractivity contribution in [1.29, 1.82) is 0 Å². The predicted molar refractivity (Wildman–Crippen MR) is 54.0 cm³/mol. The zero-order chi connectivity index (χ0) is 8.10. The molecule has 2 heteroatoms. The van der Waals surface area contributed by atoms with Gasteiger partial charge in [0.2, 0.25) is 0 Å². The van der Waals surface area contributed by atoms with Crippen molar-refractivity contribution in [2.45, 2.75) is 32.1 Å². The second-order valence-electron chi connectivity index (χ2n) is 2.81. The highest BCUT2D eigenvalue weighted by atomic mass is 79.9. The highest BCUT2D eigenvalue weighted by Crippen LogP contribution is 2.21. The molecule has 0 fully saturated rings. The summed E-state index contributed by atoms with van der Waals surface area (Å²) in [6, 6.07) is 0. The summed E-state index contributed by atoms with van der Waals surface area (Å²) < 4.78 is 0.714. The van der Waals surface area contributed by atoms with Crippen LogP contribution in [0.3, 0.4) is 0 Å². The van der Waals surface area contributed by atoms with Crippen LogP contribution in [0.15, 0.2) is 21.7 Å². The molecule has 11 heavy (non-hydrogen) atoms. The van der Waals surface area contributed by atoms with Crippen LogP contribution < -0.4 is 0 Å². The Hall–Kier alpha value is 0.250. The van der Waals surface area contributed by atoms with Crippen LogP contribution in [0.25, 0.3) is 0 Å². The van der Waals surface area contributed by atoms with E-state index in [2.05, 4.69) is 22.0 Å². The average molecular weight is 236 g/mol. The maximum Gasteiger partial charge on any atom is 0.0836 e. The van der Waals surface area contributed by atoms with Crippen molar-refractivity contribution in [2.75, 3.05) is 0 Å². The van der Waals surface area contributed by atoms with Crippen molar-refractivity contribution < 1.29 is 0 Å². The molecule has 0 spiro atoms. The van der Waals surface area contributed by atoms with Gasteiger partial charge < -0.3 is 0 Å². The van der Waals surface area contributed by atoms with Gasteiger partial charge in [-0.05, 0) is 53.3 Å². The number of halogens is 2. The van der Waals surface area contributed by atoms with Crippen LogP contribution in [-0.4, -0.2) is 0 Å². The van der Waals surface area contributed by atoms with Crippen LogP contribution in [0.2, 0.25) is 0 Å². The first-order chi connectivity index (χ1) is 5.29. The highest BCUT2D eigenvalue weighted by molar-refractivity contribution is 9.12. The minimum atomic E-state index is 0.714. The topological polar surface area (TPSA) is 0 Å². The van der Waals surface area contributed by atoms with E-state index in [0.29, 0.717) is 3.94 Å². The maximum atomic E-state index is 5.70. The normalized spacial score (nSPS) is 20.9. The Morgan fingerprint density at radius 2 is 2.27 bits per heavy atom. The predicted octanol–water partition coefficient (Wildman–Crippen LogP) is 4.35. The second kappa shape index (κ2) is 5.00. The SMILES string of the molecule is ClC(Br)=CC1=CCCCCC1. The largest absolute Gasteiger partial charge is 0.0836 e. The number of allylic oxidation sites excluding steroid dienone is 3. The molecule has 0 atom stereocenters. The lowest BCUT2D eigenvalue weighted by Gasteiger charge is -1.96. The van der Waals surface area contributed by atoms with E-state index in [9.17, 15) is 0 Å². The number of hydrogen-bond donors (Lipinski definition) is 0. The fraction of sp³-hybridized carbons (Fsp3) is 0.556. The lowest BCUT2D eigenvalue weighted by Crippen LogP contribution is -1.75. The van der Waals surface area contributed by atoms with Gasteiger partial charge in [-0.15, -0.1) is 0 Å². The van der Waals surface area contributed by atoms with E-state index in [1.165, 1.54) is 37.7 Å². The molecule has 0 radical (unpaired) electrons. The summed E-state index contributed by atoms with van der Waals surface area (Å²) in [6.07, 6.45) is 10.7. The lowest BCUT2D eigenvalue weighted by molar-refractivity contribution is 0.714. The minimum absolute atomic E-state index is 0.714. The fourth-order valence-corrected chi connectivity index (χ4v) is 1.75. The maximum absolute atomic E-state index is 5.70. The van der Waals surface area contributed by atoms with Crippen molar-refractivity contribution in [1.82, 2.24) is 0 Å². The van der Waals surface area contributed by atoms with E-state index in [4.69, 9.17) is 11.6 Å². The van der Waals surface area contributed by atoms with E-state index < -0.39 is 0 Å². The molecule has 1 aliphatic carbocycles. The summed E-state index contributed by atoms with van der Waals surface area (Å²) in [5.41, 5.74) is 1.38. The van der Waals surface area contributed by atoms with E-state index in [0.717, 1.165) is 0 Å². The molecular formula is C9H12BrCl. The molecule has 0 nitrogen and oxygen atoms in total. The van der Waals surface area contributed by atoms with E-state index in [1.807, 2.05) is 6.08 Å². The summed E-state index contributed by atoms with van der Waals surface area (Å²) in [5.74, 6) is 0. The zero-order valence-corrected chi connectivity index (χ0v) is 8.79. The first kappa shape index (κ1) is 9.34. The molecule has 0 saturated carbocycles. The monoisotopic (exact) mass is 234 g/mol. The zero-order valence-electron chi connectivity index (χ0n) is 6.45. The van der Waals surface area contributed by atoms with Crippen LogP contribution in [0.4, 0.5) is 0 Å². The Balaban J connectivity index is 2.54. The molecule has 0 bridgehead atoms. The van der Waals surface area contributed by atoms with Gasteiger partial charge in [0.05, 0.1) is 3.94 Å². The Morgan fingerprint density at radius 1 is 1.45 bits per heavy atom. The second-order valence-corrected chi connectivity index (χ2v) is 4.53. The number of rotatable bonds is 1. The van der Waals surface area contributed by atoms with Crippen LogP contribution in [0.1, 0.15) is 32.1 Å². The van der Waals surface area contributed by atoms with E-state index >= 15 is 0 Å². The molecule has 0 aromatic carbocycles. The molecule has 0 aromatic rings. The van der Waals surface area contributed by atoms with Crippen molar-refractivity contribution in [3.63, 3.8) is 0 Å². The Morgan fingerprint density at radius 3 is 3.00 bits per heavy atom. The molecule has 0 N–H and O–H groups in total. The molecule has 1 aliphatic rings. The van der Waals surface area contributed by atoms with Crippen molar-refractivity contribution in [3.05, 3.63) is 21.7 Å². The third kappa shape index (κ3) is 3.97. The molecule has 0 amide bonds. The van der Waals surface area contributed by atoms with Crippen LogP contribution in [-0.2, 0) is 0 Å². The van der Waals surface area contributed by atoms with Gasteiger partial charge in [-0.1, -0.05) is 24.1 Å². The summed E-state index contributed by atoms with van der Waals surface area (Å²) in [7, 11) is 0. The third-order valence-electron chi connectivity index (χ3n) is 1.87. The fourth-order valence-electron chi connectivity index (χ4n) is 1.31. The molecule has 0 heterocycles. The van der Waals surface area contributed by atoms with Crippen molar-refractivity contribution >= 4 is 27.5 Å². The molecule has 62 valence electrons. The highest BCUT2D eigenvalue weighted by Gasteiger charge is 1.99. The summed E-state index contributed by atoms with van der Waals surface area (Å²) >= 11 is 8.92. The summed E-state index contributed by atoms with van der Waals surface area (Å²) in [4.78, 5) is 0. The molecule has 0 aliphatic heterocycles. The standard InChI is InChI=1S/C9H12BrCl/c10-9(11)7-8-5-3-1-2-4-6-8/h5,7H,1-4,6H2. The van der Waals surface area contributed by atoms with Gasteiger partial charge in [-0.2, -0.15) is 0 Å². The smallest absolute Gasteiger partial charge is 0.0812 e. The molecule has 1 rings (SSSR count). The first-order valence-electron chi connectivity index (χ1n) is 4.01. The van der Waals surface area contributed by atoms with Gasteiger partial charge in [0.1, 0.15) is 0 Å². The van der Waals surface area contributed by atoms with Gasteiger partial charge in [0.15, 0.2) is 0 Å².